The quantitative estimate of drug-likeness (QED) is 0.674. The number of fused-ring (bicyclic) bond motifs is 2. The van der Waals surface area contributed by atoms with E-state index in [4.69, 9.17) is 16.7 Å². The normalized spacial score (nSPS) is 19.7. The summed E-state index contributed by atoms with van der Waals surface area (Å²) in [7, 11) is 2.01. The standard InChI is InChI=1S/C22H22ClN3O/c1-12-9-15(27)11-17-19(23)7-6-16(22(17)24-12)14-5-8-20-18(10-14)21(13-3-4-13)25-26(20)2/h5-8,10,12-13,24H,3-4,9,11H2,1-2H3/t12-/m1/s1. The molecule has 2 aliphatic rings. The summed E-state index contributed by atoms with van der Waals surface area (Å²) in [5.41, 5.74) is 6.53. The molecule has 0 radical (unpaired) electrons. The first kappa shape index (κ1) is 16.8. The van der Waals surface area contributed by atoms with Crippen LogP contribution in [0.25, 0.3) is 22.0 Å². The molecule has 3 aromatic rings. The van der Waals surface area contributed by atoms with Crippen LogP contribution in [0.15, 0.2) is 30.3 Å². The maximum absolute atomic E-state index is 12.3. The van der Waals surface area contributed by atoms with Gasteiger partial charge < -0.3 is 5.32 Å². The predicted molar refractivity (Wildman–Crippen MR) is 110 cm³/mol. The van der Waals surface area contributed by atoms with Crippen LogP contribution in [0, 0.1) is 0 Å². The van der Waals surface area contributed by atoms with Gasteiger partial charge in [-0.15, -0.1) is 0 Å². The first-order chi connectivity index (χ1) is 13.0. The highest BCUT2D eigenvalue weighted by Crippen LogP contribution is 2.44. The molecule has 1 N–H and O–H groups in total. The Balaban J connectivity index is 1.70. The average molecular weight is 380 g/mol. The third kappa shape index (κ3) is 2.83. The van der Waals surface area contributed by atoms with Crippen LogP contribution in [0.3, 0.4) is 0 Å². The number of nitrogens with zero attached hydrogens (tertiary/aromatic N) is 2. The third-order valence-electron chi connectivity index (χ3n) is 5.71. The van der Waals surface area contributed by atoms with Crippen molar-refractivity contribution < 1.29 is 4.79 Å². The molecular formula is C22H22ClN3O. The zero-order valence-corrected chi connectivity index (χ0v) is 16.3. The summed E-state index contributed by atoms with van der Waals surface area (Å²) in [6, 6.07) is 10.6. The number of halogens is 1. The lowest BCUT2D eigenvalue weighted by Crippen LogP contribution is -2.17. The highest BCUT2D eigenvalue weighted by molar-refractivity contribution is 6.32. The van der Waals surface area contributed by atoms with Crippen LogP contribution in [0.5, 0.6) is 0 Å². The van der Waals surface area contributed by atoms with Gasteiger partial charge >= 0.3 is 0 Å². The number of aromatic nitrogens is 2. The summed E-state index contributed by atoms with van der Waals surface area (Å²) >= 11 is 6.46. The fourth-order valence-electron chi connectivity index (χ4n) is 4.23. The molecule has 1 aliphatic heterocycles. The average Bonchev–Trinajstić information content (AvgIpc) is 3.43. The smallest absolute Gasteiger partial charge is 0.139 e. The number of carbonyl (C=O) groups is 1. The number of ketones is 1. The van der Waals surface area contributed by atoms with Crippen LogP contribution in [0.1, 0.15) is 43.4 Å². The van der Waals surface area contributed by atoms with E-state index in [1.54, 1.807) is 0 Å². The molecule has 5 heteroatoms. The van der Waals surface area contributed by atoms with Gasteiger partial charge in [-0.3, -0.25) is 9.48 Å². The molecule has 1 aliphatic carbocycles. The summed E-state index contributed by atoms with van der Waals surface area (Å²) in [6.45, 7) is 2.05. The Kier molecular flexibility index (Phi) is 3.80. The second-order valence-electron chi connectivity index (χ2n) is 7.93. The molecule has 27 heavy (non-hydrogen) atoms. The zero-order valence-electron chi connectivity index (χ0n) is 15.6. The number of anilines is 1. The first-order valence-corrected chi connectivity index (χ1v) is 9.95. The molecule has 5 rings (SSSR count). The largest absolute Gasteiger partial charge is 0.381 e. The third-order valence-corrected chi connectivity index (χ3v) is 6.06. The van der Waals surface area contributed by atoms with Gasteiger partial charge in [0.05, 0.1) is 11.2 Å². The molecule has 0 unspecified atom stereocenters. The molecule has 0 saturated heterocycles. The second kappa shape index (κ2) is 6.10. The molecule has 2 aromatic carbocycles. The van der Waals surface area contributed by atoms with Gasteiger partial charge in [-0.2, -0.15) is 5.10 Å². The molecule has 1 fully saturated rings. The van der Waals surface area contributed by atoms with E-state index in [2.05, 4.69) is 29.6 Å². The van der Waals surface area contributed by atoms with Crippen LogP contribution in [0.4, 0.5) is 5.69 Å². The fraction of sp³-hybridized carbons (Fsp3) is 0.364. The molecule has 0 bridgehead atoms. The van der Waals surface area contributed by atoms with Crippen molar-refractivity contribution >= 4 is 34.0 Å². The predicted octanol–water partition coefficient (Wildman–Crippen LogP) is 5.09. The van der Waals surface area contributed by atoms with E-state index in [-0.39, 0.29) is 11.8 Å². The van der Waals surface area contributed by atoms with E-state index in [0.717, 1.165) is 27.9 Å². The van der Waals surface area contributed by atoms with Crippen LogP contribution >= 0.6 is 11.6 Å². The van der Waals surface area contributed by atoms with Crippen molar-refractivity contribution in [2.45, 2.75) is 44.6 Å². The van der Waals surface area contributed by atoms with Crippen LogP contribution in [-0.2, 0) is 18.3 Å². The molecule has 2 heterocycles. The SMILES string of the molecule is C[C@@H]1CC(=O)Cc2c(Cl)ccc(-c3ccc4c(c3)c(C3CC3)nn4C)c2N1. The summed E-state index contributed by atoms with van der Waals surface area (Å²) in [6.07, 6.45) is 3.38. The first-order valence-electron chi connectivity index (χ1n) is 9.58. The monoisotopic (exact) mass is 379 g/mol. The van der Waals surface area contributed by atoms with E-state index in [9.17, 15) is 4.79 Å². The van der Waals surface area contributed by atoms with Gasteiger partial charge in [-0.05, 0) is 43.5 Å². The van der Waals surface area contributed by atoms with Crippen LogP contribution in [-0.4, -0.2) is 21.6 Å². The van der Waals surface area contributed by atoms with Gasteiger partial charge in [-0.25, -0.2) is 0 Å². The summed E-state index contributed by atoms with van der Waals surface area (Å²) in [5, 5.41) is 10.2. The Labute approximate surface area is 163 Å². The summed E-state index contributed by atoms with van der Waals surface area (Å²) in [5.74, 6) is 0.827. The van der Waals surface area contributed by atoms with Crippen LogP contribution in [0.2, 0.25) is 5.02 Å². The number of aryl methyl sites for hydroxylation is 1. The molecule has 1 saturated carbocycles. The van der Waals surface area contributed by atoms with E-state index >= 15 is 0 Å². The van der Waals surface area contributed by atoms with Crippen molar-refractivity contribution in [1.29, 1.82) is 0 Å². The number of carbonyl (C=O) groups excluding carboxylic acids is 1. The maximum Gasteiger partial charge on any atom is 0.139 e. The molecular weight excluding hydrogens is 358 g/mol. The van der Waals surface area contributed by atoms with E-state index in [1.807, 2.05) is 24.7 Å². The lowest BCUT2D eigenvalue weighted by atomic mass is 9.96. The lowest BCUT2D eigenvalue weighted by Gasteiger charge is -2.18. The van der Waals surface area contributed by atoms with Crippen molar-refractivity contribution in [3.8, 4) is 11.1 Å². The van der Waals surface area contributed by atoms with Crippen LogP contribution < -0.4 is 5.32 Å². The highest BCUT2D eigenvalue weighted by atomic mass is 35.5. The fourth-order valence-corrected chi connectivity index (χ4v) is 4.45. The second-order valence-corrected chi connectivity index (χ2v) is 8.34. The van der Waals surface area contributed by atoms with Gasteiger partial charge in [0.15, 0.2) is 0 Å². The summed E-state index contributed by atoms with van der Waals surface area (Å²) < 4.78 is 1.98. The number of nitrogens with one attached hydrogen (secondary N) is 1. The topological polar surface area (TPSA) is 46.9 Å². The Morgan fingerprint density at radius 1 is 1.22 bits per heavy atom. The molecule has 138 valence electrons. The molecule has 1 aromatic heterocycles. The minimum Gasteiger partial charge on any atom is -0.381 e. The number of rotatable bonds is 2. The molecule has 0 amide bonds. The van der Waals surface area contributed by atoms with E-state index < -0.39 is 0 Å². The van der Waals surface area contributed by atoms with Crippen molar-refractivity contribution in [1.82, 2.24) is 9.78 Å². The Morgan fingerprint density at radius 2 is 2.04 bits per heavy atom. The summed E-state index contributed by atoms with van der Waals surface area (Å²) in [4.78, 5) is 12.3. The minimum atomic E-state index is 0.0973. The van der Waals surface area contributed by atoms with Crippen molar-refractivity contribution in [3.63, 3.8) is 0 Å². The van der Waals surface area contributed by atoms with Gasteiger partial charge in [0.2, 0.25) is 0 Å². The van der Waals surface area contributed by atoms with Crippen molar-refractivity contribution in [2.24, 2.45) is 7.05 Å². The van der Waals surface area contributed by atoms with E-state index in [0.29, 0.717) is 23.8 Å². The van der Waals surface area contributed by atoms with Crippen molar-refractivity contribution in [3.05, 3.63) is 46.6 Å². The maximum atomic E-state index is 12.3. The highest BCUT2D eigenvalue weighted by Gasteiger charge is 2.29. The van der Waals surface area contributed by atoms with E-state index in [1.165, 1.54) is 23.9 Å². The Morgan fingerprint density at radius 3 is 2.81 bits per heavy atom. The van der Waals surface area contributed by atoms with Gasteiger partial charge in [0.25, 0.3) is 0 Å². The zero-order chi connectivity index (χ0) is 18.7. The Bertz CT molecular complexity index is 1080. The van der Waals surface area contributed by atoms with Gasteiger partial charge in [0, 0.05) is 59.1 Å². The van der Waals surface area contributed by atoms with Gasteiger partial charge in [0.1, 0.15) is 5.78 Å². The molecule has 4 nitrogen and oxygen atoms in total. The number of hydrogen-bond donors (Lipinski definition) is 1. The number of hydrogen-bond acceptors (Lipinski definition) is 3. The van der Waals surface area contributed by atoms with Gasteiger partial charge in [-0.1, -0.05) is 23.7 Å². The lowest BCUT2D eigenvalue weighted by molar-refractivity contribution is -0.118. The number of Topliss-reactive ketones (excluding diaryl/α,β-unsaturated/α-hetero) is 1. The molecule has 1 atom stereocenters. The Hall–Kier alpha value is -2.33. The minimum absolute atomic E-state index is 0.0973. The molecule has 0 spiro atoms. The van der Waals surface area contributed by atoms with Crippen molar-refractivity contribution in [2.75, 3.05) is 5.32 Å². The number of benzene rings is 2.